The van der Waals surface area contributed by atoms with Crippen molar-refractivity contribution in [1.29, 1.82) is 0 Å². The zero-order chi connectivity index (χ0) is 12.8. The molecule has 2 aliphatic rings. The topological polar surface area (TPSA) is 50.8 Å². The number of amides is 1. The lowest BCUT2D eigenvalue weighted by molar-refractivity contribution is -0.159. The molecule has 1 atom stereocenters. The van der Waals surface area contributed by atoms with Crippen LogP contribution in [0.2, 0.25) is 0 Å². The smallest absolute Gasteiger partial charge is 0.254 e. The lowest BCUT2D eigenvalue weighted by atomic mass is 9.96. The molecule has 0 aromatic heterocycles. The van der Waals surface area contributed by atoms with Crippen molar-refractivity contribution >= 4 is 18.3 Å². The highest BCUT2D eigenvalue weighted by Gasteiger charge is 2.30. The number of nitrogens with one attached hydrogen (secondary N) is 1. The number of nitrogens with zero attached hydrogens (tertiary/aromatic N) is 1. The quantitative estimate of drug-likeness (QED) is 0.828. The molecule has 1 N–H and O–H groups in total. The molecule has 0 aromatic rings. The Morgan fingerprint density at radius 3 is 2.63 bits per heavy atom. The van der Waals surface area contributed by atoms with Crippen molar-refractivity contribution in [3.05, 3.63) is 0 Å². The van der Waals surface area contributed by atoms with E-state index in [2.05, 4.69) is 12.2 Å². The van der Waals surface area contributed by atoms with E-state index in [1.54, 1.807) is 0 Å². The van der Waals surface area contributed by atoms with Crippen LogP contribution in [0.25, 0.3) is 0 Å². The molecule has 1 unspecified atom stereocenters. The first-order valence-corrected chi connectivity index (χ1v) is 7.00. The summed E-state index contributed by atoms with van der Waals surface area (Å²) in [6.07, 6.45) is 1.81. The van der Waals surface area contributed by atoms with Crippen molar-refractivity contribution in [2.24, 2.45) is 5.92 Å². The van der Waals surface area contributed by atoms with Gasteiger partial charge >= 0.3 is 0 Å². The van der Waals surface area contributed by atoms with Crippen molar-refractivity contribution < 1.29 is 14.3 Å². The normalized spacial score (nSPS) is 24.9. The second kappa shape index (κ2) is 8.74. The van der Waals surface area contributed by atoms with Gasteiger partial charge in [0.05, 0.1) is 19.8 Å². The van der Waals surface area contributed by atoms with Gasteiger partial charge < -0.3 is 19.7 Å². The second-order valence-electron chi connectivity index (χ2n) is 5.01. The molecule has 0 bridgehead atoms. The van der Waals surface area contributed by atoms with E-state index in [0.29, 0.717) is 25.7 Å². The van der Waals surface area contributed by atoms with Crippen LogP contribution in [0, 0.1) is 5.92 Å². The Morgan fingerprint density at radius 1 is 1.32 bits per heavy atom. The minimum absolute atomic E-state index is 0. The number of halogens is 1. The van der Waals surface area contributed by atoms with Crippen molar-refractivity contribution in [3.63, 3.8) is 0 Å². The standard InChI is InChI=1S/C13H24N2O3.ClH/c1-2-14-9-11-3-5-15(6-4-11)13(16)12-10-17-7-8-18-12;/h11-12,14H,2-10H2,1H3;1H. The second-order valence-corrected chi connectivity index (χ2v) is 5.01. The lowest BCUT2D eigenvalue weighted by Crippen LogP contribution is -2.48. The van der Waals surface area contributed by atoms with Gasteiger partial charge in [-0.1, -0.05) is 6.92 Å². The van der Waals surface area contributed by atoms with Crippen LogP contribution in [0.1, 0.15) is 19.8 Å². The number of ether oxygens (including phenoxy) is 2. The summed E-state index contributed by atoms with van der Waals surface area (Å²) in [6.45, 7) is 7.48. The van der Waals surface area contributed by atoms with E-state index in [9.17, 15) is 4.79 Å². The summed E-state index contributed by atoms with van der Waals surface area (Å²) < 4.78 is 10.7. The first kappa shape index (κ1) is 16.7. The highest BCUT2D eigenvalue weighted by Crippen LogP contribution is 2.18. The minimum Gasteiger partial charge on any atom is -0.376 e. The van der Waals surface area contributed by atoms with Crippen LogP contribution in [0.3, 0.4) is 0 Å². The van der Waals surface area contributed by atoms with Gasteiger partial charge in [0.25, 0.3) is 5.91 Å². The predicted molar refractivity (Wildman–Crippen MR) is 75.7 cm³/mol. The zero-order valence-electron chi connectivity index (χ0n) is 11.6. The molecule has 5 nitrogen and oxygen atoms in total. The number of carbonyl (C=O) groups excluding carboxylic acids is 1. The predicted octanol–water partition coefficient (Wildman–Crippen LogP) is 0.672. The molecule has 112 valence electrons. The molecule has 0 spiro atoms. The van der Waals surface area contributed by atoms with Crippen LogP contribution in [-0.2, 0) is 14.3 Å². The van der Waals surface area contributed by atoms with Gasteiger partial charge in [0.2, 0.25) is 0 Å². The van der Waals surface area contributed by atoms with Crippen LogP contribution in [-0.4, -0.2) is 62.9 Å². The maximum atomic E-state index is 12.2. The summed E-state index contributed by atoms with van der Waals surface area (Å²) >= 11 is 0. The molecule has 0 aliphatic carbocycles. The summed E-state index contributed by atoms with van der Waals surface area (Å²) in [4.78, 5) is 14.1. The molecule has 2 rings (SSSR count). The highest BCUT2D eigenvalue weighted by molar-refractivity contribution is 5.85. The van der Waals surface area contributed by atoms with E-state index in [0.717, 1.165) is 39.0 Å². The van der Waals surface area contributed by atoms with Crippen LogP contribution in [0.5, 0.6) is 0 Å². The Kier molecular flexibility index (Phi) is 7.68. The van der Waals surface area contributed by atoms with Crippen LogP contribution < -0.4 is 5.32 Å². The molecule has 0 aromatic carbocycles. The fourth-order valence-electron chi connectivity index (χ4n) is 2.54. The molecular formula is C13H25ClN2O3. The van der Waals surface area contributed by atoms with Gasteiger partial charge in [0.1, 0.15) is 0 Å². The average Bonchev–Trinajstić information content (AvgIpc) is 2.46. The van der Waals surface area contributed by atoms with Crippen molar-refractivity contribution in [1.82, 2.24) is 10.2 Å². The molecule has 6 heteroatoms. The van der Waals surface area contributed by atoms with Gasteiger partial charge in [0.15, 0.2) is 6.10 Å². The Bertz CT molecular complexity index is 265. The van der Waals surface area contributed by atoms with E-state index in [1.165, 1.54) is 0 Å². The minimum atomic E-state index is -0.371. The molecule has 0 radical (unpaired) electrons. The van der Waals surface area contributed by atoms with Gasteiger partial charge in [-0.2, -0.15) is 0 Å². The summed E-state index contributed by atoms with van der Waals surface area (Å²) in [6, 6.07) is 0. The summed E-state index contributed by atoms with van der Waals surface area (Å²) in [7, 11) is 0. The number of rotatable bonds is 4. The third kappa shape index (κ3) is 4.91. The number of likely N-dealkylation sites (tertiary alicyclic amines) is 1. The van der Waals surface area contributed by atoms with E-state index < -0.39 is 0 Å². The van der Waals surface area contributed by atoms with E-state index in [4.69, 9.17) is 9.47 Å². The molecule has 1 amide bonds. The van der Waals surface area contributed by atoms with Crippen LogP contribution in [0.15, 0.2) is 0 Å². The summed E-state index contributed by atoms with van der Waals surface area (Å²) in [5, 5.41) is 3.38. The molecule has 2 fully saturated rings. The Hall–Kier alpha value is -0.360. The van der Waals surface area contributed by atoms with E-state index in [1.807, 2.05) is 4.90 Å². The van der Waals surface area contributed by atoms with Crippen LogP contribution in [0.4, 0.5) is 0 Å². The molecular weight excluding hydrogens is 268 g/mol. The van der Waals surface area contributed by atoms with E-state index in [-0.39, 0.29) is 24.4 Å². The molecule has 19 heavy (non-hydrogen) atoms. The first-order valence-electron chi connectivity index (χ1n) is 7.00. The van der Waals surface area contributed by atoms with Crippen molar-refractivity contribution in [2.75, 3.05) is 46.0 Å². The van der Waals surface area contributed by atoms with E-state index >= 15 is 0 Å². The third-order valence-electron chi connectivity index (χ3n) is 3.70. The number of hydrogen-bond donors (Lipinski definition) is 1. The Labute approximate surface area is 121 Å². The fraction of sp³-hybridized carbons (Fsp3) is 0.923. The highest BCUT2D eigenvalue weighted by atomic mass is 35.5. The van der Waals surface area contributed by atoms with Gasteiger partial charge in [-0.15, -0.1) is 12.4 Å². The molecule has 2 saturated heterocycles. The summed E-state index contributed by atoms with van der Waals surface area (Å²) in [5.74, 6) is 0.814. The fourth-order valence-corrected chi connectivity index (χ4v) is 2.54. The number of carbonyl (C=O) groups is 1. The Balaban J connectivity index is 0.00000180. The van der Waals surface area contributed by atoms with Gasteiger partial charge in [-0.05, 0) is 31.8 Å². The molecule has 2 aliphatic heterocycles. The number of hydrogen-bond acceptors (Lipinski definition) is 4. The van der Waals surface area contributed by atoms with Gasteiger partial charge in [-0.3, -0.25) is 4.79 Å². The van der Waals surface area contributed by atoms with Crippen LogP contribution >= 0.6 is 12.4 Å². The maximum absolute atomic E-state index is 12.2. The summed E-state index contributed by atoms with van der Waals surface area (Å²) in [5.41, 5.74) is 0. The largest absolute Gasteiger partial charge is 0.376 e. The van der Waals surface area contributed by atoms with Crippen molar-refractivity contribution in [2.45, 2.75) is 25.9 Å². The first-order chi connectivity index (χ1) is 8.81. The SMILES string of the molecule is CCNCC1CCN(C(=O)C2COCCO2)CC1.Cl. The maximum Gasteiger partial charge on any atom is 0.254 e. The van der Waals surface area contributed by atoms with Gasteiger partial charge in [0, 0.05) is 13.1 Å². The number of piperidine rings is 1. The monoisotopic (exact) mass is 292 g/mol. The average molecular weight is 293 g/mol. The van der Waals surface area contributed by atoms with Crippen molar-refractivity contribution in [3.8, 4) is 0 Å². The molecule has 2 heterocycles. The third-order valence-corrected chi connectivity index (χ3v) is 3.70. The van der Waals surface area contributed by atoms with Gasteiger partial charge in [-0.25, -0.2) is 0 Å². The lowest BCUT2D eigenvalue weighted by Gasteiger charge is -2.35. The molecule has 0 saturated carbocycles. The zero-order valence-corrected chi connectivity index (χ0v) is 12.4. The Morgan fingerprint density at radius 2 is 2.05 bits per heavy atom.